The summed E-state index contributed by atoms with van der Waals surface area (Å²) in [4.78, 5) is 6.56. The number of aromatic nitrogens is 1. The highest BCUT2D eigenvalue weighted by Crippen LogP contribution is 2.21. The molecule has 0 aromatic carbocycles. The topological polar surface area (TPSA) is 50.3 Å². The van der Waals surface area contributed by atoms with E-state index in [1.54, 1.807) is 0 Å². The van der Waals surface area contributed by atoms with Crippen molar-refractivity contribution in [3.05, 3.63) is 23.4 Å². The van der Waals surface area contributed by atoms with Crippen molar-refractivity contribution in [2.75, 3.05) is 23.0 Å². The summed E-state index contributed by atoms with van der Waals surface area (Å²) in [5, 5.41) is 0. The monoisotopic (exact) mass is 288 g/mol. The first-order valence-electron chi connectivity index (χ1n) is 5.92. The lowest BCUT2D eigenvalue weighted by molar-refractivity contribution is 0.566. The Morgan fingerprint density at radius 3 is 2.78 bits per heavy atom. The molecule has 4 nitrogen and oxygen atoms in total. The number of aryl methyl sites for hydroxylation is 1. The van der Waals surface area contributed by atoms with Crippen LogP contribution in [-0.2, 0) is 15.7 Å². The van der Waals surface area contributed by atoms with E-state index in [4.69, 9.17) is 11.6 Å². The number of halogens is 1. The van der Waals surface area contributed by atoms with E-state index in [0.717, 1.165) is 17.1 Å². The quantitative estimate of drug-likeness (QED) is 0.778. The summed E-state index contributed by atoms with van der Waals surface area (Å²) in [5.41, 5.74) is 1.92. The van der Waals surface area contributed by atoms with Crippen LogP contribution in [0, 0.1) is 6.92 Å². The van der Waals surface area contributed by atoms with Gasteiger partial charge in [-0.15, -0.1) is 11.6 Å². The van der Waals surface area contributed by atoms with Gasteiger partial charge in [0.25, 0.3) is 0 Å². The number of sulfone groups is 1. The first-order chi connectivity index (χ1) is 8.43. The molecule has 1 fully saturated rings. The van der Waals surface area contributed by atoms with Gasteiger partial charge in [-0.3, -0.25) is 0 Å². The molecule has 1 aliphatic heterocycles. The second-order valence-electron chi connectivity index (χ2n) is 4.70. The molecule has 0 saturated carbocycles. The largest absolute Gasteiger partial charge is 0.352 e. The molecule has 2 rings (SSSR count). The number of hydrogen-bond donors (Lipinski definition) is 0. The number of alkyl halides is 1. The smallest absolute Gasteiger partial charge is 0.154 e. The highest BCUT2D eigenvalue weighted by molar-refractivity contribution is 7.91. The lowest BCUT2D eigenvalue weighted by Gasteiger charge is -2.34. The van der Waals surface area contributed by atoms with E-state index >= 15 is 0 Å². The molecule has 2 heterocycles. The van der Waals surface area contributed by atoms with Gasteiger partial charge in [0.05, 0.1) is 11.5 Å². The van der Waals surface area contributed by atoms with Crippen LogP contribution in [0.2, 0.25) is 0 Å². The van der Waals surface area contributed by atoms with Crippen molar-refractivity contribution in [1.82, 2.24) is 4.98 Å². The van der Waals surface area contributed by atoms with Gasteiger partial charge in [-0.25, -0.2) is 13.4 Å². The number of pyridine rings is 1. The third-order valence-corrected chi connectivity index (χ3v) is 5.37. The molecular weight excluding hydrogens is 272 g/mol. The summed E-state index contributed by atoms with van der Waals surface area (Å²) in [6.07, 6.45) is 0. The Labute approximate surface area is 113 Å². The zero-order valence-electron chi connectivity index (χ0n) is 10.6. The fraction of sp³-hybridized carbons (Fsp3) is 0.583. The minimum absolute atomic E-state index is 0.0301. The standard InChI is InChI=1S/C12H17ClN2O2S/c1-9-8-18(16,17)6-5-15(9)12-4-3-11(7-13)10(2)14-12/h3-4,9H,5-8H2,1-2H3. The lowest BCUT2D eigenvalue weighted by atomic mass is 10.2. The van der Waals surface area contributed by atoms with E-state index in [1.807, 2.05) is 30.9 Å². The lowest BCUT2D eigenvalue weighted by Crippen LogP contribution is -2.47. The molecule has 0 aliphatic carbocycles. The van der Waals surface area contributed by atoms with Gasteiger partial charge >= 0.3 is 0 Å². The second kappa shape index (κ2) is 5.05. The molecule has 1 unspecified atom stereocenters. The van der Waals surface area contributed by atoms with Crippen LogP contribution in [0.5, 0.6) is 0 Å². The Morgan fingerprint density at radius 1 is 1.50 bits per heavy atom. The minimum Gasteiger partial charge on any atom is -0.352 e. The van der Waals surface area contributed by atoms with Crippen LogP contribution < -0.4 is 4.90 Å². The van der Waals surface area contributed by atoms with Crippen molar-refractivity contribution in [2.24, 2.45) is 0 Å². The summed E-state index contributed by atoms with van der Waals surface area (Å²) in [6, 6.07) is 3.84. The van der Waals surface area contributed by atoms with Crippen LogP contribution in [-0.4, -0.2) is 37.5 Å². The van der Waals surface area contributed by atoms with Crippen molar-refractivity contribution in [3.8, 4) is 0 Å². The normalized spacial score (nSPS) is 23.1. The molecule has 6 heteroatoms. The van der Waals surface area contributed by atoms with Crippen LogP contribution >= 0.6 is 11.6 Å². The first kappa shape index (κ1) is 13.6. The Morgan fingerprint density at radius 2 is 2.22 bits per heavy atom. The van der Waals surface area contributed by atoms with Crippen LogP contribution in [0.4, 0.5) is 5.82 Å². The van der Waals surface area contributed by atoms with Gasteiger partial charge in [-0.2, -0.15) is 0 Å². The molecule has 1 aliphatic rings. The van der Waals surface area contributed by atoms with Crippen LogP contribution in [0.25, 0.3) is 0 Å². The van der Waals surface area contributed by atoms with Crippen LogP contribution in [0.15, 0.2) is 12.1 Å². The second-order valence-corrected chi connectivity index (χ2v) is 7.20. The summed E-state index contributed by atoms with van der Waals surface area (Å²) in [6.45, 7) is 4.35. The van der Waals surface area contributed by atoms with E-state index in [9.17, 15) is 8.42 Å². The van der Waals surface area contributed by atoms with Crippen LogP contribution in [0.3, 0.4) is 0 Å². The zero-order chi connectivity index (χ0) is 13.3. The number of nitrogens with zero attached hydrogens (tertiary/aromatic N) is 2. The molecule has 100 valence electrons. The summed E-state index contributed by atoms with van der Waals surface area (Å²) in [7, 11) is -2.89. The highest BCUT2D eigenvalue weighted by Gasteiger charge is 2.28. The van der Waals surface area contributed by atoms with Crippen molar-refractivity contribution in [1.29, 1.82) is 0 Å². The van der Waals surface area contributed by atoms with Gasteiger partial charge in [0.2, 0.25) is 0 Å². The van der Waals surface area contributed by atoms with E-state index in [2.05, 4.69) is 4.98 Å². The summed E-state index contributed by atoms with van der Waals surface area (Å²) < 4.78 is 23.1. The minimum atomic E-state index is -2.89. The molecule has 1 atom stereocenters. The summed E-state index contributed by atoms with van der Waals surface area (Å²) in [5.74, 6) is 1.69. The van der Waals surface area contributed by atoms with Gasteiger partial charge < -0.3 is 4.90 Å². The maximum absolute atomic E-state index is 11.5. The Kier molecular flexibility index (Phi) is 3.82. The maximum Gasteiger partial charge on any atom is 0.154 e. The van der Waals surface area contributed by atoms with E-state index in [0.29, 0.717) is 12.4 Å². The molecule has 0 radical (unpaired) electrons. The van der Waals surface area contributed by atoms with Gasteiger partial charge in [0, 0.05) is 24.2 Å². The fourth-order valence-electron chi connectivity index (χ4n) is 2.22. The third kappa shape index (κ3) is 2.78. The third-order valence-electron chi connectivity index (χ3n) is 3.29. The van der Waals surface area contributed by atoms with Crippen molar-refractivity contribution in [3.63, 3.8) is 0 Å². The van der Waals surface area contributed by atoms with E-state index in [-0.39, 0.29) is 17.5 Å². The number of anilines is 1. The summed E-state index contributed by atoms with van der Waals surface area (Å²) >= 11 is 5.80. The van der Waals surface area contributed by atoms with Crippen molar-refractivity contribution >= 4 is 27.3 Å². The highest BCUT2D eigenvalue weighted by atomic mass is 35.5. The zero-order valence-corrected chi connectivity index (χ0v) is 12.1. The molecule has 1 aromatic heterocycles. The predicted octanol–water partition coefficient (Wildman–Crippen LogP) is 1.75. The van der Waals surface area contributed by atoms with Gasteiger partial charge in [0.1, 0.15) is 5.82 Å². The number of rotatable bonds is 2. The van der Waals surface area contributed by atoms with Crippen molar-refractivity contribution in [2.45, 2.75) is 25.8 Å². The van der Waals surface area contributed by atoms with E-state index in [1.165, 1.54) is 0 Å². The van der Waals surface area contributed by atoms with Gasteiger partial charge in [0.15, 0.2) is 9.84 Å². The Bertz CT molecular complexity index is 545. The van der Waals surface area contributed by atoms with Gasteiger partial charge in [-0.1, -0.05) is 6.07 Å². The fourth-order valence-corrected chi connectivity index (χ4v) is 4.06. The molecule has 0 spiro atoms. The average molecular weight is 289 g/mol. The van der Waals surface area contributed by atoms with Gasteiger partial charge in [-0.05, 0) is 25.5 Å². The SMILES string of the molecule is Cc1nc(N2CCS(=O)(=O)CC2C)ccc1CCl. The van der Waals surface area contributed by atoms with Crippen molar-refractivity contribution < 1.29 is 8.42 Å². The number of hydrogen-bond acceptors (Lipinski definition) is 4. The Hall–Kier alpha value is -0.810. The molecule has 0 N–H and O–H groups in total. The van der Waals surface area contributed by atoms with Crippen LogP contribution in [0.1, 0.15) is 18.2 Å². The molecule has 18 heavy (non-hydrogen) atoms. The molecular formula is C12H17ClN2O2S. The average Bonchev–Trinajstić information content (AvgIpc) is 2.27. The Balaban J connectivity index is 2.25. The molecule has 1 saturated heterocycles. The molecule has 0 bridgehead atoms. The molecule has 0 amide bonds. The first-order valence-corrected chi connectivity index (χ1v) is 8.28. The molecule has 1 aromatic rings. The maximum atomic E-state index is 11.5. The predicted molar refractivity (Wildman–Crippen MR) is 74.0 cm³/mol. The van der Waals surface area contributed by atoms with E-state index < -0.39 is 9.84 Å².